The van der Waals surface area contributed by atoms with Crippen molar-refractivity contribution in [2.45, 2.75) is 20.0 Å². The molecule has 36 heavy (non-hydrogen) atoms. The van der Waals surface area contributed by atoms with Crippen molar-refractivity contribution in [3.8, 4) is 0 Å². The Morgan fingerprint density at radius 2 is 1.58 bits per heavy atom. The van der Waals surface area contributed by atoms with Crippen molar-refractivity contribution in [3.05, 3.63) is 99.7 Å². The number of nitrogens with zero attached hydrogens (tertiary/aromatic N) is 1. The summed E-state index contributed by atoms with van der Waals surface area (Å²) in [5, 5.41) is 4.92. The Balaban J connectivity index is 1.55. The first-order valence-electron chi connectivity index (χ1n) is 10.7. The fourth-order valence-corrected chi connectivity index (χ4v) is 3.86. The van der Waals surface area contributed by atoms with Gasteiger partial charge >= 0.3 is 6.18 Å². The first-order valence-corrected chi connectivity index (χ1v) is 11.0. The van der Waals surface area contributed by atoms with Crippen LogP contribution in [0.1, 0.15) is 27.0 Å². The van der Waals surface area contributed by atoms with E-state index in [4.69, 9.17) is 11.6 Å². The van der Waals surface area contributed by atoms with Gasteiger partial charge in [-0.1, -0.05) is 35.9 Å². The fraction of sp³-hybridized carbons (Fsp3) is 0.115. The number of amides is 3. The first-order chi connectivity index (χ1) is 17.0. The van der Waals surface area contributed by atoms with Crippen molar-refractivity contribution in [2.75, 3.05) is 15.5 Å². The maximum Gasteiger partial charge on any atom is 0.416 e. The summed E-state index contributed by atoms with van der Waals surface area (Å²) in [5.74, 6) is -2.00. The Labute approximate surface area is 209 Å². The van der Waals surface area contributed by atoms with Gasteiger partial charge in [0.15, 0.2) is 0 Å². The van der Waals surface area contributed by atoms with Crippen LogP contribution in [-0.2, 0) is 15.8 Å². The van der Waals surface area contributed by atoms with E-state index in [2.05, 4.69) is 10.6 Å². The summed E-state index contributed by atoms with van der Waals surface area (Å²) in [7, 11) is 0. The molecule has 1 aliphatic rings. The lowest BCUT2D eigenvalue weighted by atomic mass is 10.1. The second-order valence-electron chi connectivity index (χ2n) is 8.16. The molecule has 0 aromatic heterocycles. The van der Waals surface area contributed by atoms with E-state index in [0.717, 1.165) is 22.6 Å². The lowest BCUT2D eigenvalue weighted by molar-refractivity contribution is -0.137. The molecular formula is C26H19ClF3N3O3. The summed E-state index contributed by atoms with van der Waals surface area (Å²) in [6.07, 6.45) is -4.55. The first kappa shape index (κ1) is 25.0. The number of aryl methyl sites for hydroxylation is 2. The second kappa shape index (κ2) is 9.50. The smallest absolute Gasteiger partial charge is 0.350 e. The van der Waals surface area contributed by atoms with E-state index < -0.39 is 29.5 Å². The van der Waals surface area contributed by atoms with E-state index >= 15 is 0 Å². The highest BCUT2D eigenvalue weighted by Gasteiger charge is 2.39. The minimum atomic E-state index is -4.55. The quantitative estimate of drug-likeness (QED) is 0.410. The number of carbonyl (C=O) groups excluding carboxylic acids is 3. The zero-order valence-corrected chi connectivity index (χ0v) is 19.8. The summed E-state index contributed by atoms with van der Waals surface area (Å²) in [4.78, 5) is 39.5. The van der Waals surface area contributed by atoms with Gasteiger partial charge in [-0.25, -0.2) is 4.90 Å². The minimum absolute atomic E-state index is 0.0281. The lowest BCUT2D eigenvalue weighted by Gasteiger charge is -2.18. The van der Waals surface area contributed by atoms with Gasteiger partial charge in [0.1, 0.15) is 10.7 Å². The predicted molar refractivity (Wildman–Crippen MR) is 131 cm³/mol. The Bertz CT molecular complexity index is 1430. The Morgan fingerprint density at radius 3 is 2.31 bits per heavy atom. The molecule has 0 saturated heterocycles. The topological polar surface area (TPSA) is 78.5 Å². The number of imide groups is 1. The van der Waals surface area contributed by atoms with Crippen LogP contribution in [-0.4, -0.2) is 17.7 Å². The van der Waals surface area contributed by atoms with Crippen LogP contribution in [0, 0.1) is 13.8 Å². The third kappa shape index (κ3) is 4.96. The number of benzene rings is 3. The monoisotopic (exact) mass is 513 g/mol. The van der Waals surface area contributed by atoms with Gasteiger partial charge < -0.3 is 10.6 Å². The number of hydrogen-bond donors (Lipinski definition) is 2. The molecule has 0 unspecified atom stereocenters. The van der Waals surface area contributed by atoms with Crippen LogP contribution >= 0.6 is 11.6 Å². The Hall–Kier alpha value is -4.11. The Kier molecular flexibility index (Phi) is 6.60. The molecule has 184 valence electrons. The second-order valence-corrected chi connectivity index (χ2v) is 8.54. The molecule has 0 fully saturated rings. The van der Waals surface area contributed by atoms with Crippen molar-refractivity contribution < 1.29 is 27.6 Å². The van der Waals surface area contributed by atoms with Crippen LogP contribution in [0.3, 0.4) is 0 Å². The van der Waals surface area contributed by atoms with Crippen molar-refractivity contribution in [1.29, 1.82) is 0 Å². The molecule has 6 nitrogen and oxygen atoms in total. The molecule has 4 rings (SSSR count). The molecule has 0 bridgehead atoms. The Morgan fingerprint density at radius 1 is 0.889 bits per heavy atom. The third-order valence-electron chi connectivity index (χ3n) is 5.47. The maximum absolute atomic E-state index is 13.1. The molecule has 0 spiro atoms. The van der Waals surface area contributed by atoms with Crippen molar-refractivity contribution >= 4 is 46.4 Å². The number of rotatable bonds is 5. The average Bonchev–Trinajstić information content (AvgIpc) is 3.03. The number of halogens is 4. The van der Waals surface area contributed by atoms with Crippen LogP contribution in [0.4, 0.5) is 30.2 Å². The van der Waals surface area contributed by atoms with Crippen LogP contribution in [0.5, 0.6) is 0 Å². The van der Waals surface area contributed by atoms with Gasteiger partial charge in [0.05, 0.1) is 11.3 Å². The maximum atomic E-state index is 13.1. The summed E-state index contributed by atoms with van der Waals surface area (Å²) >= 11 is 6.21. The van der Waals surface area contributed by atoms with Crippen molar-refractivity contribution in [1.82, 2.24) is 0 Å². The van der Waals surface area contributed by atoms with E-state index in [-0.39, 0.29) is 27.7 Å². The minimum Gasteiger partial charge on any atom is -0.350 e. The number of hydrogen-bond acceptors (Lipinski definition) is 4. The van der Waals surface area contributed by atoms with Crippen molar-refractivity contribution in [3.63, 3.8) is 0 Å². The predicted octanol–water partition coefficient (Wildman–Crippen LogP) is 6.01. The molecule has 0 radical (unpaired) electrons. The zero-order chi connectivity index (χ0) is 26.2. The summed E-state index contributed by atoms with van der Waals surface area (Å²) < 4.78 is 38.9. The van der Waals surface area contributed by atoms with Gasteiger partial charge in [-0.15, -0.1) is 0 Å². The molecule has 0 atom stereocenters. The molecule has 2 N–H and O–H groups in total. The molecule has 3 amide bonds. The molecule has 0 aliphatic carbocycles. The highest BCUT2D eigenvalue weighted by molar-refractivity contribution is 6.53. The van der Waals surface area contributed by atoms with Gasteiger partial charge in [-0.3, -0.25) is 14.4 Å². The highest BCUT2D eigenvalue weighted by Crippen LogP contribution is 2.33. The average molecular weight is 514 g/mol. The number of anilines is 3. The normalized spacial score (nSPS) is 13.9. The molecule has 10 heteroatoms. The summed E-state index contributed by atoms with van der Waals surface area (Å²) in [6, 6.07) is 15.5. The molecule has 3 aromatic rings. The molecule has 3 aromatic carbocycles. The lowest BCUT2D eigenvalue weighted by Crippen LogP contribution is -2.33. The van der Waals surface area contributed by atoms with Crippen LogP contribution in [0.2, 0.25) is 0 Å². The number of nitrogens with one attached hydrogen (secondary N) is 2. The summed E-state index contributed by atoms with van der Waals surface area (Å²) in [6.45, 7) is 3.60. The molecular weight excluding hydrogens is 495 g/mol. The number of alkyl halides is 3. The van der Waals surface area contributed by atoms with Crippen molar-refractivity contribution in [2.24, 2.45) is 0 Å². The molecule has 1 aliphatic heterocycles. The van der Waals surface area contributed by atoms with Gasteiger partial charge in [0, 0.05) is 16.9 Å². The molecule has 1 heterocycles. The van der Waals surface area contributed by atoms with Gasteiger partial charge in [-0.2, -0.15) is 13.2 Å². The largest absolute Gasteiger partial charge is 0.416 e. The number of carbonyl (C=O) groups is 3. The summed E-state index contributed by atoms with van der Waals surface area (Å²) in [5.41, 5.74) is 1.29. The zero-order valence-electron chi connectivity index (χ0n) is 19.0. The highest BCUT2D eigenvalue weighted by atomic mass is 35.5. The SMILES string of the molecule is Cc1ccc(C)c(N2C(=O)C(Cl)=C(Nc3cccc(C(=O)Nc4cccc(C(F)(F)F)c4)c3)C2=O)c1. The van der Waals surface area contributed by atoms with E-state index in [0.29, 0.717) is 11.3 Å². The standard InChI is InChI=1S/C26H19ClF3N3O3/c1-14-9-10-15(2)20(11-14)33-24(35)21(27)22(25(33)36)31-18-7-3-5-16(12-18)23(34)32-19-8-4-6-17(13-19)26(28,29)30/h3-13,31H,1-2H3,(H,32,34). The van der Waals surface area contributed by atoms with Gasteiger partial charge in [0.2, 0.25) is 0 Å². The third-order valence-corrected chi connectivity index (χ3v) is 5.83. The van der Waals surface area contributed by atoms with Crippen LogP contribution < -0.4 is 15.5 Å². The van der Waals surface area contributed by atoms with Gasteiger partial charge in [-0.05, 0) is 67.4 Å². The van der Waals surface area contributed by atoms with Crippen LogP contribution in [0.25, 0.3) is 0 Å². The van der Waals surface area contributed by atoms with Gasteiger partial charge in [0.25, 0.3) is 17.7 Å². The van der Waals surface area contributed by atoms with E-state index in [1.807, 2.05) is 13.0 Å². The fourth-order valence-electron chi connectivity index (χ4n) is 3.65. The molecule has 0 saturated carbocycles. The van der Waals surface area contributed by atoms with Crippen LogP contribution in [0.15, 0.2) is 77.5 Å². The van der Waals surface area contributed by atoms with E-state index in [1.165, 1.54) is 30.3 Å². The van der Waals surface area contributed by atoms with E-state index in [1.54, 1.807) is 25.1 Å². The van der Waals surface area contributed by atoms with E-state index in [9.17, 15) is 27.6 Å².